The van der Waals surface area contributed by atoms with Crippen LogP contribution in [0.1, 0.15) is 12.2 Å². The van der Waals surface area contributed by atoms with Gasteiger partial charge in [-0.1, -0.05) is 0 Å². The lowest BCUT2D eigenvalue weighted by Gasteiger charge is -2.14. The first-order valence-corrected chi connectivity index (χ1v) is 6.81. The van der Waals surface area contributed by atoms with Gasteiger partial charge in [0.15, 0.2) is 0 Å². The van der Waals surface area contributed by atoms with Gasteiger partial charge >= 0.3 is 12.0 Å². The molecule has 0 bridgehead atoms. The van der Waals surface area contributed by atoms with E-state index in [4.69, 9.17) is 9.52 Å². The zero-order valence-electron chi connectivity index (χ0n) is 10.0. The van der Waals surface area contributed by atoms with Crippen molar-refractivity contribution in [2.75, 3.05) is 12.0 Å². The molecule has 0 aliphatic carbocycles. The van der Waals surface area contributed by atoms with E-state index in [9.17, 15) is 9.59 Å². The van der Waals surface area contributed by atoms with E-state index in [2.05, 4.69) is 10.6 Å². The number of thioether (sulfide) groups is 1. The van der Waals surface area contributed by atoms with Crippen LogP contribution in [0.2, 0.25) is 0 Å². The van der Waals surface area contributed by atoms with E-state index in [1.54, 1.807) is 12.1 Å². The summed E-state index contributed by atoms with van der Waals surface area (Å²) in [5.74, 6) is 0.258. The average molecular weight is 272 g/mol. The lowest BCUT2D eigenvalue weighted by atomic mass is 10.2. The number of carbonyl (C=O) groups excluding carboxylic acids is 1. The first-order valence-electron chi connectivity index (χ1n) is 5.42. The highest BCUT2D eigenvalue weighted by atomic mass is 32.2. The summed E-state index contributed by atoms with van der Waals surface area (Å²) in [6.07, 6.45) is 3.79. The Hall–Kier alpha value is -1.63. The van der Waals surface area contributed by atoms with Crippen molar-refractivity contribution in [1.29, 1.82) is 0 Å². The van der Waals surface area contributed by atoms with Crippen molar-refractivity contribution in [1.82, 2.24) is 10.6 Å². The molecule has 6 nitrogen and oxygen atoms in total. The molecule has 1 aromatic rings. The van der Waals surface area contributed by atoms with Crippen LogP contribution in [0, 0.1) is 0 Å². The molecule has 18 heavy (non-hydrogen) atoms. The number of amides is 2. The fraction of sp³-hybridized carbons (Fsp3) is 0.455. The van der Waals surface area contributed by atoms with Gasteiger partial charge in [-0.2, -0.15) is 11.8 Å². The Labute approximate surface area is 109 Å². The summed E-state index contributed by atoms with van der Waals surface area (Å²) in [5.41, 5.74) is 0. The standard InChI is InChI=1S/C11H16N2O4S/c1-18-6-4-9(10(14)15)13-11(16)12-7-8-3-2-5-17-8/h2-3,5,9H,4,6-7H2,1H3,(H,14,15)(H2,12,13,16)/t9-/m0/s1. The van der Waals surface area contributed by atoms with Crippen LogP contribution in [0.25, 0.3) is 0 Å². The van der Waals surface area contributed by atoms with Crippen molar-refractivity contribution >= 4 is 23.8 Å². The highest BCUT2D eigenvalue weighted by Gasteiger charge is 2.19. The van der Waals surface area contributed by atoms with Gasteiger partial charge in [0, 0.05) is 0 Å². The monoisotopic (exact) mass is 272 g/mol. The average Bonchev–Trinajstić information content (AvgIpc) is 2.84. The fourth-order valence-electron chi connectivity index (χ4n) is 1.28. The number of carbonyl (C=O) groups is 2. The largest absolute Gasteiger partial charge is 0.480 e. The summed E-state index contributed by atoms with van der Waals surface area (Å²) in [6, 6.07) is 2.06. The fourth-order valence-corrected chi connectivity index (χ4v) is 1.75. The number of nitrogens with one attached hydrogen (secondary N) is 2. The Bertz CT molecular complexity index is 380. The second kappa shape index (κ2) is 7.65. The van der Waals surface area contributed by atoms with Crippen LogP contribution >= 0.6 is 11.8 Å². The van der Waals surface area contributed by atoms with Gasteiger partial charge in [0.25, 0.3) is 0 Å². The van der Waals surface area contributed by atoms with Gasteiger partial charge in [-0.05, 0) is 30.6 Å². The Kier molecular flexibility index (Phi) is 6.13. The predicted molar refractivity (Wildman–Crippen MR) is 68.5 cm³/mol. The number of rotatable bonds is 7. The number of urea groups is 1. The molecule has 0 saturated heterocycles. The third-order valence-electron chi connectivity index (χ3n) is 2.22. The van der Waals surface area contributed by atoms with Gasteiger partial charge in [-0.3, -0.25) is 0 Å². The summed E-state index contributed by atoms with van der Waals surface area (Å²) in [5, 5.41) is 13.9. The molecule has 0 saturated carbocycles. The second-order valence-corrected chi connectivity index (χ2v) is 4.56. The zero-order chi connectivity index (χ0) is 13.4. The topological polar surface area (TPSA) is 91.6 Å². The minimum Gasteiger partial charge on any atom is -0.480 e. The van der Waals surface area contributed by atoms with Crippen LogP contribution in [-0.4, -0.2) is 35.2 Å². The highest BCUT2D eigenvalue weighted by Crippen LogP contribution is 2.01. The molecule has 2 amide bonds. The van der Waals surface area contributed by atoms with Gasteiger partial charge in [-0.15, -0.1) is 0 Å². The van der Waals surface area contributed by atoms with E-state index in [0.717, 1.165) is 0 Å². The van der Waals surface area contributed by atoms with Gasteiger partial charge < -0.3 is 20.2 Å². The SMILES string of the molecule is CSCC[C@H](NC(=O)NCc1ccco1)C(=O)O. The second-order valence-electron chi connectivity index (χ2n) is 3.58. The molecule has 0 aliphatic heterocycles. The van der Waals surface area contributed by atoms with E-state index < -0.39 is 18.0 Å². The first-order chi connectivity index (χ1) is 8.63. The highest BCUT2D eigenvalue weighted by molar-refractivity contribution is 7.98. The molecule has 3 N–H and O–H groups in total. The third-order valence-corrected chi connectivity index (χ3v) is 2.86. The smallest absolute Gasteiger partial charge is 0.326 e. The number of hydrogen-bond acceptors (Lipinski definition) is 4. The lowest BCUT2D eigenvalue weighted by Crippen LogP contribution is -2.46. The molecular weight excluding hydrogens is 256 g/mol. The van der Waals surface area contributed by atoms with Crippen LogP contribution in [0.4, 0.5) is 4.79 Å². The minimum atomic E-state index is -1.03. The molecule has 7 heteroatoms. The zero-order valence-corrected chi connectivity index (χ0v) is 10.8. The molecule has 0 fully saturated rings. The van der Waals surface area contributed by atoms with Crippen molar-refractivity contribution in [2.45, 2.75) is 19.0 Å². The van der Waals surface area contributed by atoms with Crippen LogP contribution in [0.3, 0.4) is 0 Å². The number of furan rings is 1. The molecule has 0 unspecified atom stereocenters. The van der Waals surface area contributed by atoms with E-state index in [-0.39, 0.29) is 6.54 Å². The van der Waals surface area contributed by atoms with Gasteiger partial charge in [0.05, 0.1) is 12.8 Å². The summed E-state index contributed by atoms with van der Waals surface area (Å²) in [7, 11) is 0. The molecule has 0 aliphatic rings. The molecule has 0 spiro atoms. The molecule has 0 radical (unpaired) electrons. The van der Waals surface area contributed by atoms with E-state index in [1.165, 1.54) is 18.0 Å². The molecule has 1 rings (SSSR count). The Balaban J connectivity index is 2.34. The molecule has 1 heterocycles. The first kappa shape index (κ1) is 14.4. The quantitative estimate of drug-likeness (QED) is 0.695. The van der Waals surface area contributed by atoms with Gasteiger partial charge in [0.1, 0.15) is 11.8 Å². The molecule has 100 valence electrons. The van der Waals surface area contributed by atoms with Crippen molar-refractivity contribution in [3.05, 3.63) is 24.2 Å². The number of aliphatic carboxylic acids is 1. The normalized spacial score (nSPS) is 11.8. The Morgan fingerprint density at radius 1 is 1.56 bits per heavy atom. The van der Waals surface area contributed by atoms with Crippen LogP contribution < -0.4 is 10.6 Å². The van der Waals surface area contributed by atoms with Crippen LogP contribution in [-0.2, 0) is 11.3 Å². The summed E-state index contributed by atoms with van der Waals surface area (Å²) in [6.45, 7) is 0.230. The lowest BCUT2D eigenvalue weighted by molar-refractivity contribution is -0.139. The number of hydrogen-bond donors (Lipinski definition) is 3. The predicted octanol–water partition coefficient (Wildman–Crippen LogP) is 1.29. The van der Waals surface area contributed by atoms with Crippen molar-refractivity contribution < 1.29 is 19.1 Å². The van der Waals surface area contributed by atoms with Crippen molar-refractivity contribution in [3.63, 3.8) is 0 Å². The van der Waals surface area contributed by atoms with Crippen molar-refractivity contribution in [3.8, 4) is 0 Å². The van der Waals surface area contributed by atoms with Crippen molar-refractivity contribution in [2.24, 2.45) is 0 Å². The maximum Gasteiger partial charge on any atom is 0.326 e. The van der Waals surface area contributed by atoms with E-state index in [1.807, 2.05) is 6.26 Å². The molecule has 1 atom stereocenters. The number of carboxylic acid groups (broad SMARTS) is 1. The number of carboxylic acids is 1. The van der Waals surface area contributed by atoms with Gasteiger partial charge in [-0.25, -0.2) is 9.59 Å². The molecular formula is C11H16N2O4S. The Morgan fingerprint density at radius 3 is 2.89 bits per heavy atom. The minimum absolute atomic E-state index is 0.230. The third kappa shape index (κ3) is 5.13. The molecule has 1 aromatic heterocycles. The summed E-state index contributed by atoms with van der Waals surface area (Å²) < 4.78 is 5.04. The van der Waals surface area contributed by atoms with Gasteiger partial charge in [0.2, 0.25) is 0 Å². The maximum absolute atomic E-state index is 11.5. The maximum atomic E-state index is 11.5. The van der Waals surface area contributed by atoms with E-state index in [0.29, 0.717) is 17.9 Å². The summed E-state index contributed by atoms with van der Waals surface area (Å²) in [4.78, 5) is 22.4. The Morgan fingerprint density at radius 2 is 2.33 bits per heavy atom. The van der Waals surface area contributed by atoms with E-state index >= 15 is 0 Å². The van der Waals surface area contributed by atoms with Crippen LogP contribution in [0.5, 0.6) is 0 Å². The summed E-state index contributed by atoms with van der Waals surface area (Å²) >= 11 is 1.54. The molecule has 0 aromatic carbocycles. The van der Waals surface area contributed by atoms with Crippen LogP contribution in [0.15, 0.2) is 22.8 Å².